The lowest BCUT2D eigenvalue weighted by molar-refractivity contribution is -0.385. The molecule has 11 heteroatoms. The molecule has 0 aromatic heterocycles. The van der Waals surface area contributed by atoms with Gasteiger partial charge in [0.25, 0.3) is 11.6 Å². The van der Waals surface area contributed by atoms with Crippen molar-refractivity contribution in [2.24, 2.45) is 5.10 Å². The van der Waals surface area contributed by atoms with Crippen LogP contribution in [0.3, 0.4) is 0 Å². The second-order valence-electron chi connectivity index (χ2n) is 6.02. The number of likely N-dealkylation sites (N-methyl/N-ethyl adjacent to an activating group) is 1. The number of rotatable bonds is 8. The number of carbonyl (C=O) groups is 1. The Balaban J connectivity index is 2.09. The highest BCUT2D eigenvalue weighted by atomic mass is 32.2. The third-order valence-corrected chi connectivity index (χ3v) is 5.72. The summed E-state index contributed by atoms with van der Waals surface area (Å²) in [6.45, 7) is 1.23. The molecule has 0 aliphatic carbocycles. The number of carbonyl (C=O) groups excluding carboxylic acids is 1. The van der Waals surface area contributed by atoms with Crippen molar-refractivity contribution in [3.8, 4) is 5.75 Å². The summed E-state index contributed by atoms with van der Waals surface area (Å²) in [6.07, 6.45) is 1.12. The minimum atomic E-state index is -3.99. The Labute approximate surface area is 168 Å². The fourth-order valence-corrected chi connectivity index (χ4v) is 3.78. The van der Waals surface area contributed by atoms with E-state index in [1.807, 2.05) is 0 Å². The standard InChI is InChI=1S/C18H20N4O6S/c1-13-8-9-16(28-3)17(10-13)29(26,27)21(2)12-18(23)20-19-11-14-6-4-5-7-15(14)22(24)25/h4-11H,12H2,1-3H3,(H,20,23)/b19-11+. The van der Waals surface area contributed by atoms with Crippen LogP contribution in [-0.4, -0.2) is 50.5 Å². The van der Waals surface area contributed by atoms with Crippen LogP contribution in [0.5, 0.6) is 5.75 Å². The molecule has 154 valence electrons. The Bertz CT molecular complexity index is 1050. The average molecular weight is 420 g/mol. The third kappa shape index (κ3) is 5.36. The van der Waals surface area contributed by atoms with Gasteiger partial charge >= 0.3 is 0 Å². The lowest BCUT2D eigenvalue weighted by Crippen LogP contribution is -2.36. The Morgan fingerprint density at radius 1 is 1.31 bits per heavy atom. The van der Waals surface area contributed by atoms with Gasteiger partial charge in [-0.3, -0.25) is 14.9 Å². The van der Waals surface area contributed by atoms with E-state index in [2.05, 4.69) is 10.5 Å². The minimum Gasteiger partial charge on any atom is -0.495 e. The predicted octanol–water partition coefficient (Wildman–Crippen LogP) is 1.68. The van der Waals surface area contributed by atoms with E-state index >= 15 is 0 Å². The number of ether oxygens (including phenoxy) is 1. The molecule has 0 saturated heterocycles. The number of hydrogen-bond donors (Lipinski definition) is 1. The highest BCUT2D eigenvalue weighted by molar-refractivity contribution is 7.89. The van der Waals surface area contributed by atoms with Gasteiger partial charge in [-0.1, -0.05) is 18.2 Å². The maximum atomic E-state index is 12.8. The van der Waals surface area contributed by atoms with Crippen LogP contribution in [0.2, 0.25) is 0 Å². The SMILES string of the molecule is COc1ccc(C)cc1S(=O)(=O)N(C)CC(=O)N/N=C/c1ccccc1[N+](=O)[O-]. The number of hydrogen-bond acceptors (Lipinski definition) is 7. The molecule has 0 spiro atoms. The van der Waals surface area contributed by atoms with E-state index in [9.17, 15) is 23.3 Å². The van der Waals surface area contributed by atoms with Crippen molar-refractivity contribution in [2.75, 3.05) is 20.7 Å². The van der Waals surface area contributed by atoms with E-state index in [1.54, 1.807) is 19.1 Å². The van der Waals surface area contributed by atoms with Crippen LogP contribution >= 0.6 is 0 Å². The molecular weight excluding hydrogens is 400 g/mol. The molecule has 2 aromatic rings. The zero-order valence-electron chi connectivity index (χ0n) is 16.0. The number of hydrazone groups is 1. The average Bonchev–Trinajstić information content (AvgIpc) is 2.68. The van der Waals surface area contributed by atoms with Crippen LogP contribution < -0.4 is 10.2 Å². The molecule has 0 bridgehead atoms. The van der Waals surface area contributed by atoms with Gasteiger partial charge in [-0.15, -0.1) is 0 Å². The molecule has 0 fully saturated rings. The smallest absolute Gasteiger partial charge is 0.278 e. The number of sulfonamides is 1. The number of aryl methyl sites for hydroxylation is 1. The first-order chi connectivity index (χ1) is 13.7. The van der Waals surface area contributed by atoms with Gasteiger partial charge in [0.1, 0.15) is 10.6 Å². The van der Waals surface area contributed by atoms with Crippen LogP contribution in [0.4, 0.5) is 5.69 Å². The van der Waals surface area contributed by atoms with Gasteiger partial charge in [0.15, 0.2) is 0 Å². The fourth-order valence-electron chi connectivity index (χ4n) is 2.41. The largest absolute Gasteiger partial charge is 0.495 e. The van der Waals surface area contributed by atoms with E-state index in [1.165, 1.54) is 44.5 Å². The number of para-hydroxylation sites is 1. The normalized spacial score (nSPS) is 11.6. The summed E-state index contributed by atoms with van der Waals surface area (Å²) in [7, 11) is -1.38. The van der Waals surface area contributed by atoms with E-state index in [0.717, 1.165) is 16.1 Å². The Kier molecular flexibility index (Phi) is 7.02. The molecule has 0 heterocycles. The molecule has 0 radical (unpaired) electrons. The molecular formula is C18H20N4O6S. The van der Waals surface area contributed by atoms with Gasteiger partial charge in [-0.2, -0.15) is 9.41 Å². The van der Waals surface area contributed by atoms with Crippen LogP contribution in [0.25, 0.3) is 0 Å². The second-order valence-corrected chi connectivity index (χ2v) is 8.04. The Morgan fingerprint density at radius 2 is 2.00 bits per heavy atom. The van der Waals surface area contributed by atoms with Crippen molar-refractivity contribution in [3.05, 3.63) is 63.7 Å². The van der Waals surface area contributed by atoms with Crippen LogP contribution in [0.1, 0.15) is 11.1 Å². The molecule has 0 atom stereocenters. The second kappa shape index (κ2) is 9.26. The number of amides is 1. The van der Waals surface area contributed by atoms with Gasteiger partial charge in [-0.05, 0) is 30.7 Å². The van der Waals surface area contributed by atoms with E-state index in [-0.39, 0.29) is 21.9 Å². The molecule has 10 nitrogen and oxygen atoms in total. The van der Waals surface area contributed by atoms with Crippen LogP contribution in [0, 0.1) is 17.0 Å². The van der Waals surface area contributed by atoms with Crippen molar-refractivity contribution >= 4 is 27.8 Å². The van der Waals surface area contributed by atoms with Crippen molar-refractivity contribution in [1.29, 1.82) is 0 Å². The molecule has 1 amide bonds. The molecule has 0 saturated carbocycles. The first kappa shape index (κ1) is 22.0. The fraction of sp³-hybridized carbons (Fsp3) is 0.222. The topological polar surface area (TPSA) is 131 Å². The molecule has 2 aromatic carbocycles. The summed E-state index contributed by atoms with van der Waals surface area (Å²) >= 11 is 0. The molecule has 1 N–H and O–H groups in total. The predicted molar refractivity (Wildman–Crippen MR) is 106 cm³/mol. The Hall–Kier alpha value is -3.31. The molecule has 29 heavy (non-hydrogen) atoms. The monoisotopic (exact) mass is 420 g/mol. The lowest BCUT2D eigenvalue weighted by atomic mass is 10.2. The molecule has 0 unspecified atom stereocenters. The first-order valence-electron chi connectivity index (χ1n) is 8.33. The van der Waals surface area contributed by atoms with Crippen LogP contribution in [-0.2, 0) is 14.8 Å². The maximum absolute atomic E-state index is 12.8. The number of nitro groups is 1. The highest BCUT2D eigenvalue weighted by Crippen LogP contribution is 2.27. The number of nitrogens with zero attached hydrogens (tertiary/aromatic N) is 3. The highest BCUT2D eigenvalue weighted by Gasteiger charge is 2.26. The lowest BCUT2D eigenvalue weighted by Gasteiger charge is -2.18. The third-order valence-electron chi connectivity index (χ3n) is 3.90. The van der Waals surface area contributed by atoms with Gasteiger partial charge < -0.3 is 4.74 Å². The van der Waals surface area contributed by atoms with Gasteiger partial charge in [0.05, 0.1) is 30.4 Å². The molecule has 2 rings (SSSR count). The number of nitrogens with one attached hydrogen (secondary N) is 1. The summed E-state index contributed by atoms with van der Waals surface area (Å²) < 4.78 is 31.5. The van der Waals surface area contributed by atoms with Crippen molar-refractivity contribution in [2.45, 2.75) is 11.8 Å². The minimum absolute atomic E-state index is 0.0567. The van der Waals surface area contributed by atoms with E-state index < -0.39 is 27.4 Å². The first-order valence-corrected chi connectivity index (χ1v) is 9.77. The summed E-state index contributed by atoms with van der Waals surface area (Å²) in [6, 6.07) is 10.6. The number of benzene rings is 2. The van der Waals surface area contributed by atoms with E-state index in [4.69, 9.17) is 4.74 Å². The van der Waals surface area contributed by atoms with Gasteiger partial charge in [0.2, 0.25) is 10.0 Å². The zero-order valence-corrected chi connectivity index (χ0v) is 16.8. The van der Waals surface area contributed by atoms with Crippen molar-refractivity contribution in [3.63, 3.8) is 0 Å². The summed E-state index contributed by atoms with van der Waals surface area (Å²) in [4.78, 5) is 22.4. The van der Waals surface area contributed by atoms with E-state index in [0.29, 0.717) is 0 Å². The van der Waals surface area contributed by atoms with Gasteiger partial charge in [0, 0.05) is 13.1 Å². The quantitative estimate of drug-likeness (QED) is 0.393. The number of nitro benzene ring substituents is 1. The Morgan fingerprint density at radius 3 is 2.66 bits per heavy atom. The zero-order chi connectivity index (χ0) is 21.6. The molecule has 0 aliphatic heterocycles. The summed E-state index contributed by atoms with van der Waals surface area (Å²) in [5.41, 5.74) is 2.91. The molecule has 0 aliphatic rings. The summed E-state index contributed by atoms with van der Waals surface area (Å²) in [5, 5.41) is 14.6. The van der Waals surface area contributed by atoms with Crippen molar-refractivity contribution in [1.82, 2.24) is 9.73 Å². The summed E-state index contributed by atoms with van der Waals surface area (Å²) in [5.74, 6) is -0.546. The number of methoxy groups -OCH3 is 1. The van der Waals surface area contributed by atoms with Gasteiger partial charge in [-0.25, -0.2) is 13.8 Å². The van der Waals surface area contributed by atoms with Crippen molar-refractivity contribution < 1.29 is 22.9 Å². The maximum Gasteiger partial charge on any atom is 0.278 e. The van der Waals surface area contributed by atoms with Crippen LogP contribution in [0.15, 0.2) is 52.5 Å².